The Morgan fingerprint density at radius 3 is 2.33 bits per heavy atom. The minimum Gasteiger partial charge on any atom is -0.507 e. The summed E-state index contributed by atoms with van der Waals surface area (Å²) in [4.78, 5) is 4.07. The van der Waals surface area contributed by atoms with Crippen molar-refractivity contribution in [2.45, 2.75) is 39.7 Å². The Bertz CT molecular complexity index is 351. The molecule has 0 saturated carbocycles. The number of phenolic OH excluding ortho intramolecular Hbond substituents is 1. The number of aromatic hydroxyl groups is 1. The summed E-state index contributed by atoms with van der Waals surface area (Å²) in [5.74, 6) is 0.210. The van der Waals surface area contributed by atoms with Crippen molar-refractivity contribution in [1.82, 2.24) is 0 Å². The van der Waals surface area contributed by atoms with Crippen molar-refractivity contribution in [2.24, 2.45) is 0 Å². The molecule has 0 unspecified atom stereocenters. The highest BCUT2D eigenvalue weighted by atomic mass is 17.1. The molecular formula is C12H18O3. The van der Waals surface area contributed by atoms with Gasteiger partial charge in [0.05, 0.1) is 0 Å². The number of aryl methyl sites for hydroxylation is 1. The topological polar surface area (TPSA) is 49.7 Å². The molecule has 0 aliphatic carbocycles. The summed E-state index contributed by atoms with van der Waals surface area (Å²) in [6, 6.07) is 3.76. The number of benzene rings is 1. The van der Waals surface area contributed by atoms with Crippen molar-refractivity contribution in [2.75, 3.05) is 0 Å². The number of hydrogen-bond acceptors (Lipinski definition) is 3. The van der Waals surface area contributed by atoms with E-state index in [4.69, 9.17) is 5.26 Å². The van der Waals surface area contributed by atoms with E-state index in [1.807, 2.05) is 33.8 Å². The van der Waals surface area contributed by atoms with Crippen LogP contribution in [0.2, 0.25) is 0 Å². The molecule has 0 atom stereocenters. The van der Waals surface area contributed by atoms with Crippen molar-refractivity contribution in [1.29, 1.82) is 0 Å². The molecule has 0 aromatic heterocycles. The van der Waals surface area contributed by atoms with Gasteiger partial charge in [-0.2, -0.15) is 0 Å². The molecule has 0 radical (unpaired) electrons. The second-order valence-electron chi connectivity index (χ2n) is 4.84. The smallest absolute Gasteiger partial charge is 0.124 e. The van der Waals surface area contributed by atoms with Crippen LogP contribution in [0.25, 0.3) is 0 Å². The van der Waals surface area contributed by atoms with Gasteiger partial charge >= 0.3 is 0 Å². The molecule has 3 nitrogen and oxygen atoms in total. The first-order valence-corrected chi connectivity index (χ1v) is 4.95. The Balaban J connectivity index is 3.28. The average Bonchev–Trinajstić information content (AvgIpc) is 2.09. The fraction of sp³-hybridized carbons (Fsp3) is 0.500. The predicted molar refractivity (Wildman–Crippen MR) is 59.0 cm³/mol. The lowest BCUT2D eigenvalue weighted by Crippen LogP contribution is -2.12. The molecule has 1 rings (SSSR count). The molecule has 0 saturated heterocycles. The first kappa shape index (κ1) is 12.0. The molecule has 1 aromatic carbocycles. The maximum absolute atomic E-state index is 9.99. The van der Waals surface area contributed by atoms with Gasteiger partial charge in [-0.1, -0.05) is 32.4 Å². The van der Waals surface area contributed by atoms with E-state index in [0.29, 0.717) is 5.56 Å². The molecular weight excluding hydrogens is 192 g/mol. The minimum atomic E-state index is -0.125. The Labute approximate surface area is 90.3 Å². The average molecular weight is 210 g/mol. The van der Waals surface area contributed by atoms with Gasteiger partial charge in [0.1, 0.15) is 12.4 Å². The van der Waals surface area contributed by atoms with Crippen molar-refractivity contribution in [3.63, 3.8) is 0 Å². The quantitative estimate of drug-likeness (QED) is 0.582. The van der Waals surface area contributed by atoms with E-state index in [-0.39, 0.29) is 17.8 Å². The van der Waals surface area contributed by atoms with Crippen LogP contribution in [0, 0.1) is 6.92 Å². The highest BCUT2D eigenvalue weighted by molar-refractivity contribution is 5.46. The summed E-state index contributed by atoms with van der Waals surface area (Å²) in [6.07, 6.45) is 0. The van der Waals surface area contributed by atoms with E-state index < -0.39 is 0 Å². The number of rotatable bonds is 2. The van der Waals surface area contributed by atoms with Gasteiger partial charge in [-0.15, -0.1) is 0 Å². The van der Waals surface area contributed by atoms with Crippen LogP contribution in [0.4, 0.5) is 0 Å². The van der Waals surface area contributed by atoms with Gasteiger partial charge in [-0.05, 0) is 24.0 Å². The molecule has 0 amide bonds. The van der Waals surface area contributed by atoms with E-state index >= 15 is 0 Å². The molecule has 15 heavy (non-hydrogen) atoms. The summed E-state index contributed by atoms with van der Waals surface area (Å²) in [5, 5.41) is 18.4. The molecule has 0 aliphatic heterocycles. The normalized spacial score (nSPS) is 11.8. The van der Waals surface area contributed by atoms with Crippen LogP contribution in [0.1, 0.15) is 37.5 Å². The zero-order valence-corrected chi connectivity index (χ0v) is 9.66. The van der Waals surface area contributed by atoms with Crippen LogP contribution < -0.4 is 0 Å². The van der Waals surface area contributed by atoms with Gasteiger partial charge in [0.25, 0.3) is 0 Å². The zero-order valence-electron chi connectivity index (χ0n) is 9.66. The van der Waals surface area contributed by atoms with Crippen LogP contribution >= 0.6 is 0 Å². The lowest BCUT2D eigenvalue weighted by atomic mass is 9.84. The Hall–Kier alpha value is -1.06. The summed E-state index contributed by atoms with van der Waals surface area (Å²) in [7, 11) is 0. The lowest BCUT2D eigenvalue weighted by Gasteiger charge is -2.22. The lowest BCUT2D eigenvalue weighted by molar-refractivity contribution is -0.253. The molecule has 1 aromatic rings. The summed E-state index contributed by atoms with van der Waals surface area (Å²) < 4.78 is 0. The van der Waals surface area contributed by atoms with Gasteiger partial charge in [0.2, 0.25) is 0 Å². The summed E-state index contributed by atoms with van der Waals surface area (Å²) in [5.41, 5.74) is 2.40. The van der Waals surface area contributed by atoms with Gasteiger partial charge in [0.15, 0.2) is 0 Å². The highest BCUT2D eigenvalue weighted by Gasteiger charge is 2.20. The standard InChI is InChI=1S/C12H18O3/c1-8-5-9(7-15-14)11(13)10(6-8)12(2,3)4/h5-6,13-14H,7H2,1-4H3. The molecule has 0 spiro atoms. The zero-order chi connectivity index (χ0) is 11.6. The van der Waals surface area contributed by atoms with E-state index in [2.05, 4.69) is 4.89 Å². The SMILES string of the molecule is Cc1cc(COO)c(O)c(C(C)(C)C)c1. The fourth-order valence-electron chi connectivity index (χ4n) is 1.61. The van der Waals surface area contributed by atoms with Crippen LogP contribution in [-0.4, -0.2) is 10.4 Å². The number of hydrogen-bond donors (Lipinski definition) is 2. The van der Waals surface area contributed by atoms with Gasteiger partial charge in [-0.25, -0.2) is 4.89 Å². The molecule has 0 bridgehead atoms. The molecule has 84 valence electrons. The third kappa shape index (κ3) is 2.70. The molecule has 0 aliphatic rings. The van der Waals surface area contributed by atoms with E-state index in [1.165, 1.54) is 0 Å². The highest BCUT2D eigenvalue weighted by Crippen LogP contribution is 2.34. The molecule has 0 heterocycles. The van der Waals surface area contributed by atoms with Crippen molar-refractivity contribution >= 4 is 0 Å². The first-order chi connectivity index (χ1) is 6.86. The van der Waals surface area contributed by atoms with E-state index in [0.717, 1.165) is 11.1 Å². The molecule has 2 N–H and O–H groups in total. The van der Waals surface area contributed by atoms with E-state index in [9.17, 15) is 5.11 Å². The summed E-state index contributed by atoms with van der Waals surface area (Å²) in [6.45, 7) is 8.06. The number of phenols is 1. The second kappa shape index (κ2) is 4.21. The Morgan fingerprint density at radius 1 is 1.27 bits per heavy atom. The van der Waals surface area contributed by atoms with Gasteiger partial charge in [0, 0.05) is 5.56 Å². The van der Waals surface area contributed by atoms with Crippen molar-refractivity contribution in [3.8, 4) is 5.75 Å². The monoisotopic (exact) mass is 210 g/mol. The van der Waals surface area contributed by atoms with Crippen molar-refractivity contribution < 1.29 is 15.3 Å². The maximum atomic E-state index is 9.99. The van der Waals surface area contributed by atoms with Crippen LogP contribution in [-0.2, 0) is 16.9 Å². The van der Waals surface area contributed by atoms with E-state index in [1.54, 1.807) is 6.07 Å². The summed E-state index contributed by atoms with van der Waals surface area (Å²) >= 11 is 0. The predicted octanol–water partition coefficient (Wildman–Crippen LogP) is 2.99. The fourth-order valence-corrected chi connectivity index (χ4v) is 1.61. The third-order valence-electron chi connectivity index (χ3n) is 2.36. The molecule has 3 heteroatoms. The van der Waals surface area contributed by atoms with Crippen LogP contribution in [0.15, 0.2) is 12.1 Å². The maximum Gasteiger partial charge on any atom is 0.124 e. The molecule has 0 fully saturated rings. The van der Waals surface area contributed by atoms with Gasteiger partial charge < -0.3 is 5.11 Å². The second-order valence-corrected chi connectivity index (χ2v) is 4.84. The Kier molecular flexibility index (Phi) is 3.37. The van der Waals surface area contributed by atoms with Crippen molar-refractivity contribution in [3.05, 3.63) is 28.8 Å². The van der Waals surface area contributed by atoms with Crippen LogP contribution in [0.3, 0.4) is 0 Å². The third-order valence-corrected chi connectivity index (χ3v) is 2.36. The van der Waals surface area contributed by atoms with Crippen LogP contribution in [0.5, 0.6) is 5.75 Å². The first-order valence-electron chi connectivity index (χ1n) is 4.95. The largest absolute Gasteiger partial charge is 0.507 e. The Morgan fingerprint density at radius 2 is 1.87 bits per heavy atom. The van der Waals surface area contributed by atoms with Gasteiger partial charge in [-0.3, -0.25) is 5.26 Å². The minimum absolute atomic E-state index is 0.0105.